The summed E-state index contributed by atoms with van der Waals surface area (Å²) in [4.78, 5) is 12.0. The van der Waals surface area contributed by atoms with Gasteiger partial charge in [0.05, 0.1) is 18.5 Å². The zero-order chi connectivity index (χ0) is 16.1. The predicted octanol–water partition coefficient (Wildman–Crippen LogP) is 2.55. The van der Waals surface area contributed by atoms with Gasteiger partial charge in [0.15, 0.2) is 6.10 Å². The number of ether oxygens (including phenoxy) is 1. The fraction of sp³-hybridized carbons (Fsp3) is 0.176. The van der Waals surface area contributed by atoms with Gasteiger partial charge in [0.1, 0.15) is 5.76 Å². The van der Waals surface area contributed by atoms with Gasteiger partial charge in [0.2, 0.25) is 5.88 Å². The molecule has 0 aliphatic rings. The first-order valence-electron chi connectivity index (χ1n) is 7.30. The van der Waals surface area contributed by atoms with Crippen LogP contribution in [0.25, 0.3) is 5.69 Å². The Balaban J connectivity index is 1.56. The van der Waals surface area contributed by atoms with Crippen LogP contribution in [0.3, 0.4) is 0 Å². The molecule has 1 atom stereocenters. The zero-order valence-electron chi connectivity index (χ0n) is 12.7. The molecule has 0 spiro atoms. The Labute approximate surface area is 133 Å². The van der Waals surface area contributed by atoms with Gasteiger partial charge in [-0.05, 0) is 31.2 Å². The van der Waals surface area contributed by atoms with Gasteiger partial charge in [0.25, 0.3) is 5.91 Å². The third-order valence-electron chi connectivity index (χ3n) is 3.27. The lowest BCUT2D eigenvalue weighted by Gasteiger charge is -2.12. The Morgan fingerprint density at radius 1 is 1.26 bits per heavy atom. The Bertz CT molecular complexity index is 751. The van der Waals surface area contributed by atoms with Gasteiger partial charge >= 0.3 is 0 Å². The molecule has 1 aromatic carbocycles. The molecule has 1 amide bonds. The molecule has 0 bridgehead atoms. The van der Waals surface area contributed by atoms with Crippen LogP contribution in [0, 0.1) is 0 Å². The molecular formula is C17H17N3O3. The van der Waals surface area contributed by atoms with E-state index in [4.69, 9.17) is 9.15 Å². The Kier molecular flexibility index (Phi) is 4.42. The van der Waals surface area contributed by atoms with Gasteiger partial charge in [-0.2, -0.15) is 0 Å². The van der Waals surface area contributed by atoms with Crippen molar-refractivity contribution in [2.45, 2.75) is 19.6 Å². The monoisotopic (exact) mass is 311 g/mol. The number of furan rings is 1. The molecule has 2 aromatic heterocycles. The van der Waals surface area contributed by atoms with Gasteiger partial charge in [-0.1, -0.05) is 18.2 Å². The van der Waals surface area contributed by atoms with E-state index in [0.717, 1.165) is 5.69 Å². The standard InChI is InChI=1S/C17H17N3O3/c1-13(17(21)18-12-15-8-5-11-22-15)23-16-9-10-20(19-16)14-6-3-2-4-7-14/h2-11,13H,12H2,1H3,(H,18,21)/t13-/m1/s1. The topological polar surface area (TPSA) is 69.3 Å². The first-order chi connectivity index (χ1) is 11.2. The second-order valence-corrected chi connectivity index (χ2v) is 4.99. The quantitative estimate of drug-likeness (QED) is 0.759. The van der Waals surface area contributed by atoms with Gasteiger partial charge < -0.3 is 14.5 Å². The lowest BCUT2D eigenvalue weighted by Crippen LogP contribution is -2.35. The van der Waals surface area contributed by atoms with Gasteiger partial charge in [0, 0.05) is 12.3 Å². The Hall–Kier alpha value is -3.02. The Morgan fingerprint density at radius 2 is 2.09 bits per heavy atom. The lowest BCUT2D eigenvalue weighted by molar-refractivity contribution is -0.127. The number of carbonyl (C=O) groups is 1. The maximum Gasteiger partial charge on any atom is 0.261 e. The van der Waals surface area contributed by atoms with Crippen molar-refractivity contribution in [2.75, 3.05) is 0 Å². The van der Waals surface area contributed by atoms with Crippen LogP contribution in [-0.2, 0) is 11.3 Å². The number of rotatable bonds is 6. The van der Waals surface area contributed by atoms with Crippen LogP contribution in [0.5, 0.6) is 5.88 Å². The molecule has 0 fully saturated rings. The summed E-state index contributed by atoms with van der Waals surface area (Å²) in [6, 6.07) is 15.0. The van der Waals surface area contributed by atoms with Crippen molar-refractivity contribution >= 4 is 5.91 Å². The summed E-state index contributed by atoms with van der Waals surface area (Å²) >= 11 is 0. The highest BCUT2D eigenvalue weighted by molar-refractivity contribution is 5.80. The summed E-state index contributed by atoms with van der Waals surface area (Å²) in [5, 5.41) is 7.06. The fourth-order valence-corrected chi connectivity index (χ4v) is 2.06. The number of aromatic nitrogens is 2. The fourth-order valence-electron chi connectivity index (χ4n) is 2.06. The Morgan fingerprint density at radius 3 is 2.83 bits per heavy atom. The summed E-state index contributed by atoms with van der Waals surface area (Å²) in [5.74, 6) is 0.865. The molecule has 0 saturated heterocycles. The lowest BCUT2D eigenvalue weighted by atomic mass is 10.3. The van der Waals surface area contributed by atoms with Crippen LogP contribution < -0.4 is 10.1 Å². The second-order valence-electron chi connectivity index (χ2n) is 4.99. The minimum absolute atomic E-state index is 0.226. The van der Waals surface area contributed by atoms with E-state index in [1.54, 1.807) is 42.3 Å². The largest absolute Gasteiger partial charge is 0.467 e. The van der Waals surface area contributed by atoms with Crippen molar-refractivity contribution in [3.63, 3.8) is 0 Å². The summed E-state index contributed by atoms with van der Waals surface area (Å²) in [6.45, 7) is 2.01. The third-order valence-corrected chi connectivity index (χ3v) is 3.27. The van der Waals surface area contributed by atoms with Gasteiger partial charge in [-0.25, -0.2) is 4.68 Å². The number of nitrogens with one attached hydrogen (secondary N) is 1. The zero-order valence-corrected chi connectivity index (χ0v) is 12.7. The van der Waals surface area contributed by atoms with E-state index in [1.807, 2.05) is 30.3 Å². The number of hydrogen-bond donors (Lipinski definition) is 1. The summed E-state index contributed by atoms with van der Waals surface area (Å²) < 4.78 is 12.4. The van der Waals surface area contributed by atoms with Gasteiger partial charge in [-0.15, -0.1) is 5.10 Å². The number of carbonyl (C=O) groups excluding carboxylic acids is 1. The summed E-state index contributed by atoms with van der Waals surface area (Å²) in [5.41, 5.74) is 0.928. The van der Waals surface area contributed by atoms with Crippen LogP contribution in [0.1, 0.15) is 12.7 Å². The molecule has 3 rings (SSSR count). The van der Waals surface area contributed by atoms with Crippen LogP contribution >= 0.6 is 0 Å². The molecule has 6 heteroatoms. The molecule has 0 aliphatic carbocycles. The smallest absolute Gasteiger partial charge is 0.261 e. The van der Waals surface area contributed by atoms with Crippen molar-refractivity contribution in [2.24, 2.45) is 0 Å². The van der Waals surface area contributed by atoms with Crippen molar-refractivity contribution in [3.05, 3.63) is 66.8 Å². The van der Waals surface area contributed by atoms with E-state index >= 15 is 0 Å². The molecular weight excluding hydrogens is 294 g/mol. The molecule has 2 heterocycles. The average Bonchev–Trinajstić information content (AvgIpc) is 3.25. The molecule has 3 aromatic rings. The molecule has 0 unspecified atom stereocenters. The van der Waals surface area contributed by atoms with Crippen molar-refractivity contribution in [3.8, 4) is 11.6 Å². The summed E-state index contributed by atoms with van der Waals surface area (Å²) in [7, 11) is 0. The van der Waals surface area contributed by atoms with Crippen LogP contribution in [0.4, 0.5) is 0 Å². The average molecular weight is 311 g/mol. The molecule has 23 heavy (non-hydrogen) atoms. The number of benzene rings is 1. The van der Waals surface area contributed by atoms with Crippen molar-refractivity contribution in [1.82, 2.24) is 15.1 Å². The van der Waals surface area contributed by atoms with Crippen LogP contribution in [0.2, 0.25) is 0 Å². The van der Waals surface area contributed by atoms with Crippen LogP contribution in [0.15, 0.2) is 65.4 Å². The van der Waals surface area contributed by atoms with Crippen LogP contribution in [-0.4, -0.2) is 21.8 Å². The number of amides is 1. The minimum Gasteiger partial charge on any atom is -0.467 e. The highest BCUT2D eigenvalue weighted by Gasteiger charge is 2.16. The molecule has 6 nitrogen and oxygen atoms in total. The van der Waals surface area contributed by atoms with Crippen molar-refractivity contribution in [1.29, 1.82) is 0 Å². The first-order valence-corrected chi connectivity index (χ1v) is 7.30. The van der Waals surface area contributed by atoms with Crippen molar-refractivity contribution < 1.29 is 13.9 Å². The number of para-hydroxylation sites is 1. The van der Waals surface area contributed by atoms with E-state index in [2.05, 4.69) is 10.4 Å². The third kappa shape index (κ3) is 3.79. The van der Waals surface area contributed by atoms with E-state index < -0.39 is 6.10 Å². The summed E-state index contributed by atoms with van der Waals surface area (Å²) in [6.07, 6.45) is 2.71. The van der Waals surface area contributed by atoms with E-state index in [9.17, 15) is 4.79 Å². The highest BCUT2D eigenvalue weighted by Crippen LogP contribution is 2.13. The van der Waals surface area contributed by atoms with E-state index in [-0.39, 0.29) is 5.91 Å². The number of hydrogen-bond acceptors (Lipinski definition) is 4. The SMILES string of the molecule is C[C@@H](Oc1ccn(-c2ccccc2)n1)C(=O)NCc1ccco1. The molecule has 0 saturated carbocycles. The normalized spacial score (nSPS) is 11.9. The minimum atomic E-state index is -0.649. The molecule has 0 aliphatic heterocycles. The maximum atomic E-state index is 12.0. The van der Waals surface area contributed by atoms with E-state index in [0.29, 0.717) is 18.2 Å². The first kappa shape index (κ1) is 14.9. The highest BCUT2D eigenvalue weighted by atomic mass is 16.5. The van der Waals surface area contributed by atoms with Gasteiger partial charge in [-0.3, -0.25) is 4.79 Å². The molecule has 0 radical (unpaired) electrons. The molecule has 118 valence electrons. The second kappa shape index (κ2) is 6.83. The maximum absolute atomic E-state index is 12.0. The molecule has 1 N–H and O–H groups in total. The number of nitrogens with zero attached hydrogens (tertiary/aromatic N) is 2. The van der Waals surface area contributed by atoms with E-state index in [1.165, 1.54) is 0 Å². The predicted molar refractivity (Wildman–Crippen MR) is 84.2 cm³/mol.